The summed E-state index contributed by atoms with van der Waals surface area (Å²) in [6, 6.07) is 6.41. The van der Waals surface area contributed by atoms with E-state index in [9.17, 15) is 8.42 Å². The van der Waals surface area contributed by atoms with Crippen LogP contribution in [0.5, 0.6) is 0 Å². The van der Waals surface area contributed by atoms with Crippen molar-refractivity contribution in [1.82, 2.24) is 0 Å². The van der Waals surface area contributed by atoms with Crippen molar-refractivity contribution in [2.24, 2.45) is 5.11 Å². The van der Waals surface area contributed by atoms with Gasteiger partial charge in [-0.15, -0.1) is 0 Å². The molecule has 0 heterocycles. The summed E-state index contributed by atoms with van der Waals surface area (Å²) >= 11 is 0. The molecular formula is C19H35N6NaO10S. The number of aliphatic hydroxyl groups is 4. The maximum absolute atomic E-state index is 11.6. The van der Waals surface area contributed by atoms with Crippen LogP contribution in [0, 0.1) is 6.92 Å². The SMILES string of the molecule is Cc1ccc(S(=O)(=O)OCCOCCO)cc1.OCCOCCO.[N-]=[N+]=NCCOCCO.[N-]=[N+]=[N-].[Na+]. The first-order valence-corrected chi connectivity index (χ1v) is 11.8. The molecule has 0 aliphatic heterocycles. The molecule has 4 N–H and O–H groups in total. The average Bonchev–Trinajstić information content (AvgIpc) is 2.86. The molecule has 1 rings (SSSR count). The molecule has 0 aromatic heterocycles. The van der Waals surface area contributed by atoms with Crippen molar-refractivity contribution in [2.45, 2.75) is 11.8 Å². The predicted octanol–water partition coefficient (Wildman–Crippen LogP) is -2.13. The molecule has 208 valence electrons. The Labute approximate surface area is 238 Å². The Morgan fingerprint density at radius 2 is 1.16 bits per heavy atom. The standard InChI is InChI=1S/C11H16O5S.C4H9N3O2.C4H10O3.N3.Na/c1-10-2-4-11(5-3-10)17(13,14)16-9-8-15-7-6-12;5-7-6-1-3-9-4-2-8;5-1-3-7-4-2-6;1-3-2;/h2-5,12H,6-9H2,1H3;8H,1-4H2;5-6H,1-4H2;;/q;;;-1;+1. The Morgan fingerprint density at radius 1 is 0.757 bits per heavy atom. The van der Waals surface area contributed by atoms with Gasteiger partial charge in [0.05, 0.1) is 77.6 Å². The smallest absolute Gasteiger partial charge is 0.394 e. The zero-order chi connectivity index (χ0) is 27.9. The van der Waals surface area contributed by atoms with Gasteiger partial charge < -0.3 is 45.7 Å². The Bertz CT molecular complexity index is 789. The summed E-state index contributed by atoms with van der Waals surface area (Å²) in [6.45, 7) is 3.75. The number of aryl methyl sites for hydroxylation is 1. The average molecular weight is 563 g/mol. The maximum atomic E-state index is 11.6. The van der Waals surface area contributed by atoms with Crippen LogP contribution in [-0.4, -0.2) is 108 Å². The number of benzene rings is 1. The molecule has 18 heteroatoms. The predicted molar refractivity (Wildman–Crippen MR) is 129 cm³/mol. The molecule has 0 aliphatic carbocycles. The van der Waals surface area contributed by atoms with Crippen LogP contribution in [0.1, 0.15) is 5.56 Å². The van der Waals surface area contributed by atoms with Gasteiger partial charge in [-0.1, -0.05) is 22.8 Å². The Hall–Kier alpha value is -1.53. The summed E-state index contributed by atoms with van der Waals surface area (Å²) in [4.78, 5) is 4.15. The molecule has 0 saturated carbocycles. The number of nitrogens with zero attached hydrogens (tertiary/aromatic N) is 6. The summed E-state index contributed by atoms with van der Waals surface area (Å²) in [5.41, 5.74) is 22.3. The molecule has 0 saturated heterocycles. The fourth-order valence-corrected chi connectivity index (χ4v) is 2.58. The van der Waals surface area contributed by atoms with Gasteiger partial charge in [-0.25, -0.2) is 0 Å². The third-order valence-corrected chi connectivity index (χ3v) is 4.44. The van der Waals surface area contributed by atoms with Gasteiger partial charge in [-0.3, -0.25) is 9.09 Å². The number of ether oxygens (including phenoxy) is 3. The van der Waals surface area contributed by atoms with Crippen LogP contribution in [0.4, 0.5) is 0 Å². The van der Waals surface area contributed by atoms with Crippen LogP contribution in [0.15, 0.2) is 34.3 Å². The van der Waals surface area contributed by atoms with E-state index < -0.39 is 10.1 Å². The van der Waals surface area contributed by atoms with Gasteiger partial charge in [0.2, 0.25) is 0 Å². The monoisotopic (exact) mass is 562 g/mol. The van der Waals surface area contributed by atoms with Crippen molar-refractivity contribution in [3.63, 3.8) is 0 Å². The van der Waals surface area contributed by atoms with E-state index in [2.05, 4.69) is 14.8 Å². The second-order valence-electron chi connectivity index (χ2n) is 5.86. The summed E-state index contributed by atoms with van der Waals surface area (Å²) in [5, 5.41) is 36.0. The van der Waals surface area contributed by atoms with Crippen LogP contribution in [0.25, 0.3) is 26.4 Å². The van der Waals surface area contributed by atoms with E-state index in [0.717, 1.165) is 5.56 Å². The van der Waals surface area contributed by atoms with Crippen molar-refractivity contribution in [3.05, 3.63) is 56.2 Å². The van der Waals surface area contributed by atoms with Crippen molar-refractivity contribution < 1.29 is 76.8 Å². The number of azide groups is 1. The molecule has 0 fully saturated rings. The van der Waals surface area contributed by atoms with Crippen molar-refractivity contribution in [1.29, 1.82) is 0 Å². The normalized spacial score (nSPS) is 9.43. The van der Waals surface area contributed by atoms with Crippen molar-refractivity contribution >= 4 is 10.1 Å². The van der Waals surface area contributed by atoms with Gasteiger partial charge in [-0.05, 0) is 24.6 Å². The van der Waals surface area contributed by atoms with E-state index >= 15 is 0 Å². The molecule has 37 heavy (non-hydrogen) atoms. The minimum absolute atomic E-state index is 0. The molecule has 0 aliphatic rings. The minimum atomic E-state index is -3.71. The molecule has 1 aromatic carbocycles. The third kappa shape index (κ3) is 34.5. The summed E-state index contributed by atoms with van der Waals surface area (Å²) in [5.74, 6) is 0. The number of hydrogen-bond acceptors (Lipinski definition) is 11. The van der Waals surface area contributed by atoms with Gasteiger partial charge in [0.1, 0.15) is 0 Å². The van der Waals surface area contributed by atoms with Crippen molar-refractivity contribution in [2.75, 3.05) is 79.2 Å². The molecule has 0 radical (unpaired) electrons. The van der Waals surface area contributed by atoms with Crippen molar-refractivity contribution in [3.8, 4) is 0 Å². The molecule has 0 unspecified atom stereocenters. The van der Waals surface area contributed by atoms with Crippen LogP contribution >= 0.6 is 0 Å². The van der Waals surface area contributed by atoms with Gasteiger partial charge in [0, 0.05) is 11.5 Å². The van der Waals surface area contributed by atoms with E-state index in [1.54, 1.807) is 12.1 Å². The molecule has 0 spiro atoms. The Morgan fingerprint density at radius 3 is 1.57 bits per heavy atom. The van der Waals surface area contributed by atoms with Crippen LogP contribution in [0.2, 0.25) is 0 Å². The number of aliphatic hydroxyl groups excluding tert-OH is 4. The topological polar surface area (TPSA) is 259 Å². The first-order chi connectivity index (χ1) is 17.3. The third-order valence-electron chi connectivity index (χ3n) is 3.12. The molecule has 0 amide bonds. The van der Waals surface area contributed by atoms with Gasteiger partial charge in [0.25, 0.3) is 10.1 Å². The summed E-state index contributed by atoms with van der Waals surface area (Å²) < 4.78 is 42.4. The summed E-state index contributed by atoms with van der Waals surface area (Å²) in [7, 11) is -3.71. The fourth-order valence-electron chi connectivity index (χ4n) is 1.69. The van der Waals surface area contributed by atoms with Gasteiger partial charge in [0.15, 0.2) is 0 Å². The largest absolute Gasteiger partial charge is 1.00 e. The quantitative estimate of drug-likeness (QED) is 0.0425. The Kier molecular flexibility index (Phi) is 39.6. The van der Waals surface area contributed by atoms with Gasteiger partial charge in [-0.2, -0.15) is 8.42 Å². The molecule has 0 bridgehead atoms. The Balaban J connectivity index is -0.000000230. The van der Waals surface area contributed by atoms with Crippen LogP contribution < -0.4 is 29.6 Å². The first kappa shape index (κ1) is 42.6. The fraction of sp³-hybridized carbons (Fsp3) is 0.684. The maximum Gasteiger partial charge on any atom is 1.00 e. The van der Waals surface area contributed by atoms with Crippen LogP contribution in [-0.2, 0) is 28.5 Å². The number of hydrogen-bond donors (Lipinski definition) is 4. The van der Waals surface area contributed by atoms with Crippen LogP contribution in [0.3, 0.4) is 0 Å². The van der Waals surface area contributed by atoms with E-state index in [1.807, 2.05) is 6.92 Å². The molecule has 0 atom stereocenters. The second-order valence-corrected chi connectivity index (χ2v) is 7.48. The van der Waals surface area contributed by atoms with E-state index in [-0.39, 0.29) is 80.7 Å². The molecule has 16 nitrogen and oxygen atoms in total. The second kappa shape index (κ2) is 34.5. The van der Waals surface area contributed by atoms with Gasteiger partial charge >= 0.3 is 29.6 Å². The zero-order valence-corrected chi connectivity index (χ0v) is 23.9. The van der Waals surface area contributed by atoms with E-state index in [1.165, 1.54) is 17.0 Å². The molecular weight excluding hydrogens is 527 g/mol. The molecule has 1 aromatic rings. The van der Waals surface area contributed by atoms with E-state index in [0.29, 0.717) is 33.0 Å². The first-order valence-electron chi connectivity index (χ1n) is 10.4. The zero-order valence-electron chi connectivity index (χ0n) is 21.1. The summed E-state index contributed by atoms with van der Waals surface area (Å²) in [6.07, 6.45) is 0. The minimum Gasteiger partial charge on any atom is -0.394 e. The number of rotatable bonds is 16. The van der Waals surface area contributed by atoms with E-state index in [4.69, 9.17) is 50.7 Å².